The minimum absolute atomic E-state index is 0.0781. The fraction of sp³-hybridized carbons (Fsp3) is 0.185. The highest BCUT2D eigenvalue weighted by molar-refractivity contribution is 5.96. The van der Waals surface area contributed by atoms with Crippen molar-refractivity contribution in [3.05, 3.63) is 89.5 Å². The molecule has 0 saturated heterocycles. The molecule has 0 spiro atoms. The molecule has 1 aromatic heterocycles. The highest BCUT2D eigenvalue weighted by Crippen LogP contribution is 2.33. The van der Waals surface area contributed by atoms with Gasteiger partial charge in [0.1, 0.15) is 11.8 Å². The number of fused-ring (bicyclic) bond motifs is 1. The molecule has 0 aliphatic heterocycles. The summed E-state index contributed by atoms with van der Waals surface area (Å²) < 4.78 is 59.5. The van der Waals surface area contributed by atoms with Crippen LogP contribution in [0.1, 0.15) is 33.5 Å². The van der Waals surface area contributed by atoms with E-state index in [1.807, 2.05) is 0 Å². The normalized spacial score (nSPS) is 11.5. The first-order valence-corrected chi connectivity index (χ1v) is 11.2. The average molecular weight is 513 g/mol. The fourth-order valence-corrected chi connectivity index (χ4v) is 4.06. The Morgan fingerprint density at radius 1 is 1.14 bits per heavy atom. The largest absolute Gasteiger partial charge is 0.494 e. The van der Waals surface area contributed by atoms with Gasteiger partial charge in [-0.25, -0.2) is 9.37 Å². The van der Waals surface area contributed by atoms with E-state index in [1.54, 1.807) is 47.9 Å². The van der Waals surface area contributed by atoms with Crippen molar-refractivity contribution in [1.82, 2.24) is 9.55 Å². The Balaban J connectivity index is 1.83. The summed E-state index contributed by atoms with van der Waals surface area (Å²) in [5, 5.41) is 2.83. The number of ether oxygens (including phenoxy) is 1. The molecule has 37 heavy (non-hydrogen) atoms. The lowest BCUT2D eigenvalue weighted by Gasteiger charge is -2.15. The number of anilines is 1. The highest BCUT2D eigenvalue weighted by Gasteiger charge is 2.26. The molecule has 0 atom stereocenters. The summed E-state index contributed by atoms with van der Waals surface area (Å²) in [6, 6.07) is 12.9. The maximum Gasteiger partial charge on any atom is 0.390 e. The van der Waals surface area contributed by atoms with Gasteiger partial charge in [-0.1, -0.05) is 12.6 Å². The van der Waals surface area contributed by atoms with Gasteiger partial charge in [0.15, 0.2) is 11.6 Å². The van der Waals surface area contributed by atoms with Gasteiger partial charge in [-0.2, -0.15) is 13.2 Å². The van der Waals surface area contributed by atoms with Crippen LogP contribution in [0.4, 0.5) is 23.2 Å². The number of aromatic nitrogens is 2. The summed E-state index contributed by atoms with van der Waals surface area (Å²) in [5.41, 5.74) is 10.00. The summed E-state index contributed by atoms with van der Waals surface area (Å²) in [5.74, 6) is -1.05. The number of halogens is 4. The van der Waals surface area contributed by atoms with Crippen molar-refractivity contribution in [3.8, 4) is 11.4 Å². The molecule has 3 aromatic carbocycles. The van der Waals surface area contributed by atoms with Crippen LogP contribution in [0.2, 0.25) is 0 Å². The van der Waals surface area contributed by atoms with Gasteiger partial charge in [0.25, 0.3) is 0 Å². The van der Waals surface area contributed by atoms with Crippen LogP contribution in [-0.4, -0.2) is 35.3 Å². The van der Waals surface area contributed by atoms with Crippen LogP contribution in [0.25, 0.3) is 22.3 Å². The number of rotatable bonds is 8. The van der Waals surface area contributed by atoms with Crippen LogP contribution in [-0.2, 0) is 0 Å². The Hall–Kier alpha value is -4.34. The molecule has 0 aliphatic carbocycles. The number of benzene rings is 3. The van der Waals surface area contributed by atoms with Crippen LogP contribution in [0.5, 0.6) is 5.75 Å². The zero-order valence-corrected chi connectivity index (χ0v) is 20.1. The second-order valence-corrected chi connectivity index (χ2v) is 8.49. The maximum absolute atomic E-state index is 14.4. The summed E-state index contributed by atoms with van der Waals surface area (Å²) in [7, 11) is 1.36. The number of nitrogens with zero attached hydrogens (tertiary/aromatic N) is 2. The van der Waals surface area contributed by atoms with Crippen LogP contribution >= 0.6 is 0 Å². The second kappa shape index (κ2) is 9.96. The van der Waals surface area contributed by atoms with E-state index >= 15 is 0 Å². The van der Waals surface area contributed by atoms with Gasteiger partial charge in [0.05, 0.1) is 24.7 Å². The van der Waals surface area contributed by atoms with E-state index in [9.17, 15) is 22.4 Å². The number of carbonyl (C=O) groups excluding carboxylic acids is 1. The van der Waals surface area contributed by atoms with Crippen molar-refractivity contribution in [3.63, 3.8) is 0 Å². The van der Waals surface area contributed by atoms with Gasteiger partial charge in [-0.05, 0) is 71.7 Å². The van der Waals surface area contributed by atoms with Crippen molar-refractivity contribution in [2.75, 3.05) is 19.0 Å². The Bertz CT molecular complexity index is 1510. The van der Waals surface area contributed by atoms with Crippen LogP contribution in [0.3, 0.4) is 0 Å². The molecule has 192 valence electrons. The molecular formula is C27H24F4N4O2. The third-order valence-corrected chi connectivity index (χ3v) is 5.98. The summed E-state index contributed by atoms with van der Waals surface area (Å²) >= 11 is 0. The second-order valence-electron chi connectivity index (χ2n) is 8.49. The maximum atomic E-state index is 14.4. The first-order valence-electron chi connectivity index (χ1n) is 11.2. The van der Waals surface area contributed by atoms with E-state index in [0.717, 1.165) is 0 Å². The van der Waals surface area contributed by atoms with E-state index in [-0.39, 0.29) is 12.3 Å². The molecule has 6 nitrogen and oxygen atoms in total. The molecule has 0 fully saturated rings. The number of imidazole rings is 1. The molecular weight excluding hydrogens is 488 g/mol. The van der Waals surface area contributed by atoms with Gasteiger partial charge >= 0.3 is 6.18 Å². The van der Waals surface area contributed by atoms with Crippen LogP contribution in [0.15, 0.2) is 61.4 Å². The van der Waals surface area contributed by atoms with Crippen molar-refractivity contribution < 1.29 is 27.1 Å². The van der Waals surface area contributed by atoms with Gasteiger partial charge in [0, 0.05) is 17.8 Å². The number of primary amides is 1. The monoisotopic (exact) mass is 512 g/mol. The smallest absolute Gasteiger partial charge is 0.390 e. The lowest BCUT2D eigenvalue weighted by Crippen LogP contribution is -2.15. The zero-order chi connectivity index (χ0) is 26.9. The summed E-state index contributed by atoms with van der Waals surface area (Å²) in [4.78, 5) is 16.1. The predicted octanol–water partition coefficient (Wildman–Crippen LogP) is 6.01. The van der Waals surface area contributed by atoms with Gasteiger partial charge in [-0.3, -0.25) is 9.36 Å². The number of amides is 1. The molecule has 0 unspecified atom stereocenters. The molecule has 0 radical (unpaired) electrons. The third kappa shape index (κ3) is 5.42. The van der Waals surface area contributed by atoms with Gasteiger partial charge in [-0.15, -0.1) is 0 Å². The van der Waals surface area contributed by atoms with Gasteiger partial charge in [0.2, 0.25) is 5.91 Å². The average Bonchev–Trinajstić information content (AvgIpc) is 3.26. The number of hydrogen-bond donors (Lipinski definition) is 2. The summed E-state index contributed by atoms with van der Waals surface area (Å²) in [6.07, 6.45) is -3.82. The standard InChI is InChI=1S/C27H24F4N4O2/c1-15-10-19(5-6-20(15)26(32)36)35-14-34-25-22(33-9-8-27(29,30)31)12-18(13-23(25)35)16(2)17-4-7-24(37-3)21(28)11-17/h4-7,10-14,33H,2,8-9H2,1,3H3,(H2,32,36). The number of nitrogens with one attached hydrogen (secondary N) is 1. The van der Waals surface area contributed by atoms with E-state index < -0.39 is 24.3 Å². The molecule has 0 aliphatic rings. The first-order chi connectivity index (χ1) is 17.5. The van der Waals surface area contributed by atoms with Crippen molar-refractivity contribution in [2.24, 2.45) is 5.73 Å². The van der Waals surface area contributed by atoms with Gasteiger partial charge < -0.3 is 15.8 Å². The van der Waals surface area contributed by atoms with Crippen LogP contribution in [0, 0.1) is 12.7 Å². The topological polar surface area (TPSA) is 82.2 Å². The van der Waals surface area contributed by atoms with E-state index in [0.29, 0.717) is 50.2 Å². The Morgan fingerprint density at radius 2 is 1.89 bits per heavy atom. The number of carbonyl (C=O) groups is 1. The summed E-state index contributed by atoms with van der Waals surface area (Å²) in [6.45, 7) is 5.49. The molecule has 0 bridgehead atoms. The molecule has 1 heterocycles. The van der Waals surface area contributed by atoms with Crippen molar-refractivity contribution in [2.45, 2.75) is 19.5 Å². The lowest BCUT2D eigenvalue weighted by atomic mass is 9.98. The minimum Gasteiger partial charge on any atom is -0.494 e. The van der Waals surface area contributed by atoms with Crippen molar-refractivity contribution >= 4 is 28.2 Å². The van der Waals surface area contributed by atoms with Crippen LogP contribution < -0.4 is 15.8 Å². The van der Waals surface area contributed by atoms with E-state index in [2.05, 4.69) is 16.9 Å². The quantitative estimate of drug-likeness (QED) is 0.284. The Morgan fingerprint density at radius 3 is 2.51 bits per heavy atom. The molecule has 4 rings (SSSR count). The SMILES string of the molecule is C=C(c1ccc(OC)c(F)c1)c1cc(NCCC(F)(F)F)c2ncn(-c3ccc(C(N)=O)c(C)c3)c2c1. The number of nitrogens with two attached hydrogens (primary N) is 1. The third-order valence-electron chi connectivity index (χ3n) is 5.98. The minimum atomic E-state index is -4.33. The highest BCUT2D eigenvalue weighted by atomic mass is 19.4. The number of aryl methyl sites for hydroxylation is 1. The Kier molecular flexibility index (Phi) is 6.93. The zero-order valence-electron chi connectivity index (χ0n) is 20.1. The Labute approximate surface area is 210 Å². The molecule has 3 N–H and O–H groups in total. The number of methoxy groups -OCH3 is 1. The molecule has 1 amide bonds. The van der Waals surface area contributed by atoms with Crippen molar-refractivity contribution in [1.29, 1.82) is 0 Å². The number of alkyl halides is 3. The molecule has 10 heteroatoms. The van der Waals surface area contributed by atoms with E-state index in [4.69, 9.17) is 10.5 Å². The lowest BCUT2D eigenvalue weighted by molar-refractivity contribution is -0.131. The predicted molar refractivity (Wildman–Crippen MR) is 135 cm³/mol. The molecule has 0 saturated carbocycles. The molecule has 4 aromatic rings. The fourth-order valence-electron chi connectivity index (χ4n) is 4.06. The number of hydrogen-bond acceptors (Lipinski definition) is 4. The first kappa shape index (κ1) is 25.7. The van der Waals surface area contributed by atoms with E-state index in [1.165, 1.54) is 25.6 Å².